The summed E-state index contributed by atoms with van der Waals surface area (Å²) >= 11 is 0. The van der Waals surface area contributed by atoms with E-state index in [9.17, 15) is 14.7 Å². The van der Waals surface area contributed by atoms with E-state index in [1.54, 1.807) is 54.4 Å². The van der Waals surface area contributed by atoms with Crippen LogP contribution in [0.5, 0.6) is 0 Å². The summed E-state index contributed by atoms with van der Waals surface area (Å²) in [7, 11) is 0. The van der Waals surface area contributed by atoms with E-state index >= 15 is 0 Å². The van der Waals surface area contributed by atoms with Crippen LogP contribution in [0.1, 0.15) is 54.1 Å². The summed E-state index contributed by atoms with van der Waals surface area (Å²) in [6, 6.07) is 17.8. The van der Waals surface area contributed by atoms with Crippen molar-refractivity contribution >= 4 is 22.3 Å². The molecule has 3 heterocycles. The molecule has 2 aromatic carbocycles. The Morgan fingerprint density at radius 1 is 1.11 bits per heavy atom. The van der Waals surface area contributed by atoms with Crippen molar-refractivity contribution in [2.75, 3.05) is 0 Å². The topological polar surface area (TPSA) is 102 Å². The average molecular weight is 506 g/mol. The first-order chi connectivity index (χ1) is 18.1. The molecule has 0 bridgehead atoms. The van der Waals surface area contributed by atoms with Crippen LogP contribution in [0.25, 0.3) is 22.1 Å². The Kier molecular flexibility index (Phi) is 6.31. The number of hydrogen-bond donors (Lipinski definition) is 2. The average Bonchev–Trinajstić information content (AvgIpc) is 3.23. The van der Waals surface area contributed by atoms with E-state index in [0.29, 0.717) is 44.6 Å². The standard InChI is InChI=1S/C30H27N5O3/c1-19(32-28(36)25-20(2)33-34-17-9-16-31-27(25)34)24-18-22-11-8-10-21(14-15-30(3,4)38)26(22)29(37)35(24)23-12-6-5-7-13-23/h5-13,16-19,38H,1-4H3,(H,32,36). The van der Waals surface area contributed by atoms with Crippen molar-refractivity contribution in [3.8, 4) is 17.5 Å². The zero-order valence-corrected chi connectivity index (χ0v) is 21.6. The molecular formula is C30H27N5O3. The van der Waals surface area contributed by atoms with Gasteiger partial charge in [-0.25, -0.2) is 9.50 Å². The van der Waals surface area contributed by atoms with Gasteiger partial charge in [0.2, 0.25) is 0 Å². The van der Waals surface area contributed by atoms with Crippen LogP contribution in [0, 0.1) is 18.8 Å². The molecule has 0 aliphatic heterocycles. The van der Waals surface area contributed by atoms with Crippen molar-refractivity contribution in [3.63, 3.8) is 0 Å². The number of pyridine rings is 1. The molecule has 0 spiro atoms. The number of carbonyl (C=O) groups excluding carboxylic acids is 1. The third-order valence-electron chi connectivity index (χ3n) is 6.18. The summed E-state index contributed by atoms with van der Waals surface area (Å²) in [5.74, 6) is 5.44. The predicted molar refractivity (Wildman–Crippen MR) is 146 cm³/mol. The number of aromatic nitrogens is 4. The van der Waals surface area contributed by atoms with Gasteiger partial charge >= 0.3 is 0 Å². The minimum absolute atomic E-state index is 0.265. The number of fused-ring (bicyclic) bond motifs is 2. The Bertz CT molecular complexity index is 1800. The number of amides is 1. The highest BCUT2D eigenvalue weighted by Crippen LogP contribution is 2.24. The first-order valence-corrected chi connectivity index (χ1v) is 12.2. The fourth-order valence-electron chi connectivity index (χ4n) is 4.47. The number of benzene rings is 2. The molecule has 0 fully saturated rings. The smallest absolute Gasteiger partial charge is 0.264 e. The molecule has 5 aromatic rings. The summed E-state index contributed by atoms with van der Waals surface area (Å²) in [6.07, 6.45) is 3.36. The molecule has 0 aliphatic carbocycles. The lowest BCUT2D eigenvalue weighted by molar-refractivity contribution is 0.0939. The Morgan fingerprint density at radius 2 is 1.87 bits per heavy atom. The number of nitrogens with one attached hydrogen (secondary N) is 1. The second-order valence-electron chi connectivity index (χ2n) is 9.67. The molecule has 0 saturated carbocycles. The number of rotatable bonds is 4. The summed E-state index contributed by atoms with van der Waals surface area (Å²) in [5, 5.41) is 18.7. The van der Waals surface area contributed by atoms with E-state index < -0.39 is 11.6 Å². The summed E-state index contributed by atoms with van der Waals surface area (Å²) in [6.45, 7) is 6.79. The zero-order chi connectivity index (χ0) is 27.0. The maximum atomic E-state index is 14.0. The van der Waals surface area contributed by atoms with Gasteiger partial charge in [-0.2, -0.15) is 5.10 Å². The Balaban J connectivity index is 1.66. The van der Waals surface area contributed by atoms with Crippen LogP contribution >= 0.6 is 0 Å². The van der Waals surface area contributed by atoms with Gasteiger partial charge in [-0.15, -0.1) is 0 Å². The lowest BCUT2D eigenvalue weighted by Gasteiger charge is -2.21. The SMILES string of the molecule is Cc1nn2cccnc2c1C(=O)NC(C)c1cc2cccc(C#CC(C)(C)O)c2c(=O)n1-c1ccccc1. The molecule has 1 atom stereocenters. The lowest BCUT2D eigenvalue weighted by Crippen LogP contribution is -2.32. The normalized spacial score (nSPS) is 12.2. The number of para-hydroxylation sites is 1. The van der Waals surface area contributed by atoms with Gasteiger partial charge in [0.15, 0.2) is 5.65 Å². The highest BCUT2D eigenvalue weighted by atomic mass is 16.3. The van der Waals surface area contributed by atoms with Crippen molar-refractivity contribution in [3.05, 3.63) is 106 Å². The van der Waals surface area contributed by atoms with E-state index in [2.05, 4.69) is 27.2 Å². The molecule has 0 saturated heterocycles. The quantitative estimate of drug-likeness (QED) is 0.360. The third kappa shape index (κ3) is 4.67. The first kappa shape index (κ1) is 24.9. The van der Waals surface area contributed by atoms with E-state index in [-0.39, 0.29) is 11.5 Å². The molecule has 0 aliphatic rings. The Morgan fingerprint density at radius 3 is 2.61 bits per heavy atom. The van der Waals surface area contributed by atoms with E-state index in [4.69, 9.17) is 0 Å². The number of hydrogen-bond acceptors (Lipinski definition) is 5. The molecule has 0 radical (unpaired) electrons. The van der Waals surface area contributed by atoms with Crippen molar-refractivity contribution in [2.24, 2.45) is 0 Å². The van der Waals surface area contributed by atoms with Crippen LogP contribution < -0.4 is 10.9 Å². The van der Waals surface area contributed by atoms with Gasteiger partial charge in [0.25, 0.3) is 11.5 Å². The summed E-state index contributed by atoms with van der Waals surface area (Å²) in [5.41, 5.74) is 1.73. The van der Waals surface area contributed by atoms with E-state index in [1.165, 1.54) is 0 Å². The molecule has 5 rings (SSSR count). The zero-order valence-electron chi connectivity index (χ0n) is 21.6. The molecule has 190 valence electrons. The molecule has 1 unspecified atom stereocenters. The molecule has 2 N–H and O–H groups in total. The van der Waals surface area contributed by atoms with Crippen molar-refractivity contribution in [2.45, 2.75) is 39.3 Å². The number of aliphatic hydroxyl groups is 1. The summed E-state index contributed by atoms with van der Waals surface area (Å²) in [4.78, 5) is 31.8. The maximum Gasteiger partial charge on any atom is 0.264 e. The maximum absolute atomic E-state index is 14.0. The van der Waals surface area contributed by atoms with Crippen LogP contribution in [-0.4, -0.2) is 35.8 Å². The first-order valence-electron chi connectivity index (χ1n) is 12.2. The van der Waals surface area contributed by atoms with E-state index in [1.807, 2.05) is 55.5 Å². The largest absolute Gasteiger partial charge is 0.378 e. The number of carbonyl (C=O) groups is 1. The highest BCUT2D eigenvalue weighted by molar-refractivity contribution is 6.01. The molecule has 3 aromatic heterocycles. The van der Waals surface area contributed by atoms with Gasteiger partial charge < -0.3 is 10.4 Å². The van der Waals surface area contributed by atoms with Crippen LogP contribution in [0.2, 0.25) is 0 Å². The van der Waals surface area contributed by atoms with Gasteiger partial charge in [-0.05, 0) is 63.4 Å². The molecular weight excluding hydrogens is 478 g/mol. The Hall–Kier alpha value is -4.74. The predicted octanol–water partition coefficient (Wildman–Crippen LogP) is 3.96. The van der Waals surface area contributed by atoms with Gasteiger partial charge in [0.1, 0.15) is 11.2 Å². The molecule has 8 nitrogen and oxygen atoms in total. The fraction of sp³-hybridized carbons (Fsp3) is 0.200. The second kappa shape index (κ2) is 9.61. The van der Waals surface area contributed by atoms with Gasteiger partial charge in [0.05, 0.1) is 17.1 Å². The summed E-state index contributed by atoms with van der Waals surface area (Å²) < 4.78 is 3.17. The Labute approximate surface area is 219 Å². The van der Waals surface area contributed by atoms with Crippen molar-refractivity contribution in [1.82, 2.24) is 24.5 Å². The molecule has 1 amide bonds. The molecule has 38 heavy (non-hydrogen) atoms. The van der Waals surface area contributed by atoms with Crippen LogP contribution in [-0.2, 0) is 0 Å². The minimum atomic E-state index is -1.20. The van der Waals surface area contributed by atoms with Crippen LogP contribution in [0.3, 0.4) is 0 Å². The second-order valence-corrected chi connectivity index (χ2v) is 9.67. The lowest BCUT2D eigenvalue weighted by atomic mass is 10.0. The fourth-order valence-corrected chi connectivity index (χ4v) is 4.47. The van der Waals surface area contributed by atoms with Gasteiger partial charge in [0, 0.05) is 29.3 Å². The minimum Gasteiger partial charge on any atom is -0.378 e. The van der Waals surface area contributed by atoms with Gasteiger partial charge in [-0.1, -0.05) is 42.2 Å². The van der Waals surface area contributed by atoms with Gasteiger partial charge in [-0.3, -0.25) is 14.2 Å². The van der Waals surface area contributed by atoms with Crippen LogP contribution in [0.15, 0.2) is 77.9 Å². The molecule has 8 heteroatoms. The van der Waals surface area contributed by atoms with Crippen molar-refractivity contribution < 1.29 is 9.90 Å². The van der Waals surface area contributed by atoms with Crippen molar-refractivity contribution in [1.29, 1.82) is 0 Å². The van der Waals surface area contributed by atoms with E-state index in [0.717, 1.165) is 0 Å². The van der Waals surface area contributed by atoms with Crippen LogP contribution in [0.4, 0.5) is 0 Å². The number of nitrogens with zero attached hydrogens (tertiary/aromatic N) is 4. The monoisotopic (exact) mass is 505 g/mol. The third-order valence-corrected chi connectivity index (χ3v) is 6.18. The number of aryl methyl sites for hydroxylation is 1. The highest BCUT2D eigenvalue weighted by Gasteiger charge is 2.23.